The van der Waals surface area contributed by atoms with Gasteiger partial charge in [-0.1, -0.05) is 28.9 Å². The molecule has 2 aromatic heterocycles. The Morgan fingerprint density at radius 2 is 1.85 bits per heavy atom. The summed E-state index contributed by atoms with van der Waals surface area (Å²) in [6.07, 6.45) is 1.32. The second-order valence-electron chi connectivity index (χ2n) is 5.47. The van der Waals surface area contributed by atoms with E-state index in [4.69, 9.17) is 16.1 Å². The molecule has 0 aliphatic carbocycles. The van der Waals surface area contributed by atoms with Crippen LogP contribution in [0.4, 0.5) is 8.78 Å². The van der Waals surface area contributed by atoms with Gasteiger partial charge < -0.3 is 4.52 Å². The van der Waals surface area contributed by atoms with Crippen LogP contribution in [0.15, 0.2) is 64.0 Å². The number of nitrogens with zero attached hydrogens (tertiary/aromatic N) is 4. The van der Waals surface area contributed by atoms with Gasteiger partial charge in [-0.2, -0.15) is 10.1 Å². The summed E-state index contributed by atoms with van der Waals surface area (Å²) in [6.45, 7) is 0. The first-order valence-electron chi connectivity index (χ1n) is 7.67. The Hall–Kier alpha value is -3.39. The van der Waals surface area contributed by atoms with Crippen LogP contribution in [0.5, 0.6) is 0 Å². The van der Waals surface area contributed by atoms with Crippen molar-refractivity contribution < 1.29 is 13.3 Å². The summed E-state index contributed by atoms with van der Waals surface area (Å²) in [5.74, 6) is -1.94. The minimum Gasteiger partial charge on any atom is -0.332 e. The van der Waals surface area contributed by atoms with Crippen LogP contribution in [-0.2, 0) is 0 Å². The van der Waals surface area contributed by atoms with Crippen molar-refractivity contribution in [3.63, 3.8) is 0 Å². The van der Waals surface area contributed by atoms with Crippen LogP contribution in [0.2, 0.25) is 5.02 Å². The van der Waals surface area contributed by atoms with E-state index in [2.05, 4.69) is 15.2 Å². The zero-order chi connectivity index (χ0) is 19.0. The maximum Gasteiger partial charge on any atom is 0.282 e. The van der Waals surface area contributed by atoms with E-state index in [9.17, 15) is 13.6 Å². The van der Waals surface area contributed by atoms with Gasteiger partial charge in [0.2, 0.25) is 11.3 Å². The van der Waals surface area contributed by atoms with Gasteiger partial charge in [0.25, 0.3) is 5.89 Å². The molecule has 0 N–H and O–H groups in total. The molecule has 0 bridgehead atoms. The van der Waals surface area contributed by atoms with Crippen LogP contribution in [-0.4, -0.2) is 19.9 Å². The van der Waals surface area contributed by atoms with Gasteiger partial charge in [0.15, 0.2) is 17.3 Å². The summed E-state index contributed by atoms with van der Waals surface area (Å²) in [7, 11) is 0. The molecule has 0 amide bonds. The van der Waals surface area contributed by atoms with Crippen LogP contribution in [0.25, 0.3) is 28.7 Å². The molecule has 6 nitrogen and oxygen atoms in total. The molecule has 0 radical (unpaired) electrons. The molecule has 0 aliphatic rings. The molecule has 0 unspecified atom stereocenters. The molecule has 0 fully saturated rings. The van der Waals surface area contributed by atoms with Crippen molar-refractivity contribution in [2.45, 2.75) is 0 Å². The van der Waals surface area contributed by atoms with Crippen molar-refractivity contribution in [2.75, 3.05) is 0 Å². The monoisotopic (exact) mass is 386 g/mol. The largest absolute Gasteiger partial charge is 0.332 e. The molecule has 4 aromatic rings. The zero-order valence-corrected chi connectivity index (χ0v) is 14.2. The van der Waals surface area contributed by atoms with Crippen molar-refractivity contribution in [2.24, 2.45) is 0 Å². The van der Waals surface area contributed by atoms with Gasteiger partial charge in [-0.05, 0) is 24.3 Å². The smallest absolute Gasteiger partial charge is 0.282 e. The van der Waals surface area contributed by atoms with Crippen LogP contribution < -0.4 is 5.43 Å². The first kappa shape index (κ1) is 17.0. The lowest BCUT2D eigenvalue weighted by molar-refractivity contribution is 0.429. The van der Waals surface area contributed by atoms with E-state index in [1.54, 1.807) is 24.3 Å². The highest BCUT2D eigenvalue weighted by atomic mass is 35.5. The standard InChI is InChI=1S/C18H9ClF2N4O2/c19-12-4-2-1-3-11(12)17-22-18(27-24-17)16-15(26)7-8-25(23-16)10-5-6-13(20)14(21)9-10/h1-9H. The van der Waals surface area contributed by atoms with E-state index in [0.717, 1.165) is 12.1 Å². The minimum absolute atomic E-state index is 0.119. The number of rotatable bonds is 3. The summed E-state index contributed by atoms with van der Waals surface area (Å²) in [5.41, 5.74) is 0.156. The van der Waals surface area contributed by atoms with Gasteiger partial charge in [-0.25, -0.2) is 13.5 Å². The summed E-state index contributed by atoms with van der Waals surface area (Å²) >= 11 is 6.11. The summed E-state index contributed by atoms with van der Waals surface area (Å²) < 4.78 is 32.9. The highest BCUT2D eigenvalue weighted by molar-refractivity contribution is 6.33. The molecule has 0 atom stereocenters. The first-order chi connectivity index (χ1) is 13.0. The van der Waals surface area contributed by atoms with E-state index in [1.165, 1.54) is 23.0 Å². The number of hydrogen-bond donors (Lipinski definition) is 0. The maximum absolute atomic E-state index is 13.5. The van der Waals surface area contributed by atoms with Crippen LogP contribution in [0.1, 0.15) is 0 Å². The van der Waals surface area contributed by atoms with Crippen molar-refractivity contribution in [3.8, 4) is 28.7 Å². The molecular formula is C18H9ClF2N4O2. The lowest BCUT2D eigenvalue weighted by Gasteiger charge is -2.06. The molecule has 0 spiro atoms. The molecule has 2 aromatic carbocycles. The Kier molecular flexibility index (Phi) is 4.25. The fourth-order valence-corrected chi connectivity index (χ4v) is 2.62. The Balaban J connectivity index is 1.78. The highest BCUT2D eigenvalue weighted by Crippen LogP contribution is 2.26. The quantitative estimate of drug-likeness (QED) is 0.534. The summed E-state index contributed by atoms with van der Waals surface area (Å²) in [6, 6.07) is 11.3. The van der Waals surface area contributed by atoms with Crippen molar-refractivity contribution in [1.29, 1.82) is 0 Å². The predicted octanol–water partition coefficient (Wildman–Crippen LogP) is 3.88. The number of benzene rings is 2. The normalized spacial score (nSPS) is 10.9. The van der Waals surface area contributed by atoms with Crippen LogP contribution in [0.3, 0.4) is 0 Å². The molecular weight excluding hydrogens is 378 g/mol. The average molecular weight is 387 g/mol. The third-order valence-corrected chi connectivity index (χ3v) is 4.05. The SMILES string of the molecule is O=c1ccn(-c2ccc(F)c(F)c2)nc1-c1nc(-c2ccccc2Cl)no1. The van der Waals surface area contributed by atoms with Crippen LogP contribution in [0, 0.1) is 11.6 Å². The van der Waals surface area contributed by atoms with Crippen molar-refractivity contribution >= 4 is 11.6 Å². The minimum atomic E-state index is -1.03. The molecule has 2 heterocycles. The van der Waals surface area contributed by atoms with Gasteiger partial charge in [-0.15, -0.1) is 0 Å². The van der Waals surface area contributed by atoms with Gasteiger partial charge in [0.05, 0.1) is 10.7 Å². The van der Waals surface area contributed by atoms with E-state index in [1.807, 2.05) is 0 Å². The second kappa shape index (κ2) is 6.73. The summed E-state index contributed by atoms with van der Waals surface area (Å²) in [4.78, 5) is 16.3. The first-order valence-corrected chi connectivity index (χ1v) is 8.05. The third kappa shape index (κ3) is 3.22. The fourth-order valence-electron chi connectivity index (χ4n) is 2.40. The average Bonchev–Trinajstić information content (AvgIpc) is 3.14. The van der Waals surface area contributed by atoms with Gasteiger partial charge in [0, 0.05) is 23.9 Å². The number of aromatic nitrogens is 4. The van der Waals surface area contributed by atoms with Crippen molar-refractivity contribution in [1.82, 2.24) is 19.9 Å². The van der Waals surface area contributed by atoms with E-state index in [-0.39, 0.29) is 23.1 Å². The van der Waals surface area contributed by atoms with Crippen LogP contribution >= 0.6 is 11.6 Å². The Bertz CT molecular complexity index is 1210. The molecule has 0 aliphatic heterocycles. The Morgan fingerprint density at radius 1 is 1.04 bits per heavy atom. The Morgan fingerprint density at radius 3 is 2.63 bits per heavy atom. The zero-order valence-electron chi connectivity index (χ0n) is 13.4. The number of halogens is 3. The molecule has 27 heavy (non-hydrogen) atoms. The van der Waals surface area contributed by atoms with E-state index in [0.29, 0.717) is 10.6 Å². The van der Waals surface area contributed by atoms with E-state index >= 15 is 0 Å². The lowest BCUT2D eigenvalue weighted by atomic mass is 10.2. The molecule has 0 saturated heterocycles. The second-order valence-corrected chi connectivity index (χ2v) is 5.88. The van der Waals surface area contributed by atoms with Gasteiger partial charge >= 0.3 is 0 Å². The molecule has 134 valence electrons. The third-order valence-electron chi connectivity index (χ3n) is 3.72. The molecule has 4 rings (SSSR count). The lowest BCUT2D eigenvalue weighted by Crippen LogP contribution is -2.13. The Labute approximate surface area is 155 Å². The maximum atomic E-state index is 13.5. The van der Waals surface area contributed by atoms with Crippen molar-refractivity contribution in [3.05, 3.63) is 81.6 Å². The topological polar surface area (TPSA) is 73.8 Å². The van der Waals surface area contributed by atoms with E-state index < -0.39 is 17.1 Å². The highest BCUT2D eigenvalue weighted by Gasteiger charge is 2.17. The predicted molar refractivity (Wildman–Crippen MR) is 93.5 cm³/mol. The molecule has 0 saturated carbocycles. The molecule has 9 heteroatoms. The van der Waals surface area contributed by atoms with Gasteiger partial charge in [-0.3, -0.25) is 4.79 Å². The summed E-state index contributed by atoms with van der Waals surface area (Å²) in [5, 5.41) is 8.34. The fraction of sp³-hybridized carbons (Fsp3) is 0. The van der Waals surface area contributed by atoms with Gasteiger partial charge in [0.1, 0.15) is 0 Å². The number of hydrogen-bond acceptors (Lipinski definition) is 5.